The maximum absolute atomic E-state index is 13.3. The normalized spacial score (nSPS) is 20.9. The number of amides is 1. The highest BCUT2D eigenvalue weighted by molar-refractivity contribution is 7.93. The molecule has 0 radical (unpaired) electrons. The second kappa shape index (κ2) is 7.19. The summed E-state index contributed by atoms with van der Waals surface area (Å²) >= 11 is 5.86. The van der Waals surface area contributed by atoms with E-state index in [1.807, 2.05) is 0 Å². The Morgan fingerprint density at radius 3 is 2.12 bits per heavy atom. The van der Waals surface area contributed by atoms with Gasteiger partial charge in [0, 0.05) is 18.1 Å². The van der Waals surface area contributed by atoms with Gasteiger partial charge in [-0.05, 0) is 49.9 Å². The van der Waals surface area contributed by atoms with Crippen LogP contribution in [-0.4, -0.2) is 48.1 Å². The standard InChI is InChI=1S/C18H22ClNO5S/c19-14-3-5-15(6-4-14)26(24,25)18(9-1-2-10-18)17(23)20-11-7-13(8-12-20)16(21)22/h3-6,13H,1-2,7-12H2,(H,21,22). The van der Waals surface area contributed by atoms with Crippen LogP contribution in [0.25, 0.3) is 0 Å². The lowest BCUT2D eigenvalue weighted by Crippen LogP contribution is -2.54. The highest BCUT2D eigenvalue weighted by Gasteiger charge is 2.54. The van der Waals surface area contributed by atoms with E-state index < -0.39 is 26.5 Å². The topological polar surface area (TPSA) is 91.8 Å². The Morgan fingerprint density at radius 2 is 1.62 bits per heavy atom. The van der Waals surface area contributed by atoms with Crippen LogP contribution in [0.15, 0.2) is 29.2 Å². The van der Waals surface area contributed by atoms with Crippen LogP contribution in [0.2, 0.25) is 5.02 Å². The molecule has 0 aromatic heterocycles. The molecule has 1 aliphatic heterocycles. The summed E-state index contributed by atoms with van der Waals surface area (Å²) in [7, 11) is -3.86. The van der Waals surface area contributed by atoms with Crippen molar-refractivity contribution in [3.63, 3.8) is 0 Å². The number of carbonyl (C=O) groups is 2. The summed E-state index contributed by atoms with van der Waals surface area (Å²) in [5, 5.41) is 9.55. The Balaban J connectivity index is 1.89. The second-order valence-corrected chi connectivity index (χ2v) is 9.76. The molecule has 0 bridgehead atoms. The number of carboxylic acids is 1. The molecule has 1 aromatic rings. The van der Waals surface area contributed by atoms with E-state index in [1.54, 1.807) is 0 Å². The molecule has 1 saturated carbocycles. The fraction of sp³-hybridized carbons (Fsp3) is 0.556. The Bertz CT molecular complexity index is 791. The van der Waals surface area contributed by atoms with Crippen LogP contribution in [0.4, 0.5) is 0 Å². The summed E-state index contributed by atoms with van der Waals surface area (Å²) in [6.07, 6.45) is 2.69. The Morgan fingerprint density at radius 1 is 1.08 bits per heavy atom. The van der Waals surface area contributed by atoms with Crippen molar-refractivity contribution in [2.75, 3.05) is 13.1 Å². The summed E-state index contributed by atoms with van der Waals surface area (Å²) in [5.74, 6) is -1.71. The number of likely N-dealkylation sites (tertiary alicyclic amines) is 1. The van der Waals surface area contributed by atoms with Gasteiger partial charge in [0.1, 0.15) is 0 Å². The molecule has 1 heterocycles. The molecule has 26 heavy (non-hydrogen) atoms. The maximum atomic E-state index is 13.3. The lowest BCUT2D eigenvalue weighted by atomic mass is 9.95. The van der Waals surface area contributed by atoms with E-state index in [-0.39, 0.29) is 23.9 Å². The molecule has 0 unspecified atom stereocenters. The van der Waals surface area contributed by atoms with Crippen LogP contribution in [0, 0.1) is 5.92 Å². The number of aliphatic carboxylic acids is 1. The smallest absolute Gasteiger partial charge is 0.306 e. The number of carbonyl (C=O) groups excluding carboxylic acids is 1. The molecule has 6 nitrogen and oxygen atoms in total. The summed E-state index contributed by atoms with van der Waals surface area (Å²) < 4.78 is 25.2. The molecule has 1 aliphatic carbocycles. The molecule has 0 atom stereocenters. The minimum Gasteiger partial charge on any atom is -0.481 e. The zero-order chi connectivity index (χ0) is 18.9. The quantitative estimate of drug-likeness (QED) is 0.840. The molecule has 8 heteroatoms. The van der Waals surface area contributed by atoms with Crippen molar-refractivity contribution < 1.29 is 23.1 Å². The predicted octanol–water partition coefficient (Wildman–Crippen LogP) is 2.75. The van der Waals surface area contributed by atoms with Gasteiger partial charge in [-0.2, -0.15) is 0 Å². The average molecular weight is 400 g/mol. The summed E-state index contributed by atoms with van der Waals surface area (Å²) in [4.78, 5) is 26.0. The fourth-order valence-electron chi connectivity index (χ4n) is 4.00. The Kier molecular flexibility index (Phi) is 5.30. The van der Waals surface area contributed by atoms with Crippen molar-refractivity contribution in [1.29, 1.82) is 0 Å². The van der Waals surface area contributed by atoms with Crippen LogP contribution < -0.4 is 0 Å². The first-order chi connectivity index (χ1) is 12.3. The molecule has 2 fully saturated rings. The first kappa shape index (κ1) is 19.2. The molecule has 1 amide bonds. The number of benzene rings is 1. The molecule has 1 aromatic carbocycles. The minimum atomic E-state index is -3.86. The molecular weight excluding hydrogens is 378 g/mol. The van der Waals surface area contributed by atoms with Crippen LogP contribution in [0.3, 0.4) is 0 Å². The minimum absolute atomic E-state index is 0.109. The van der Waals surface area contributed by atoms with Gasteiger partial charge in [0.05, 0.1) is 10.8 Å². The fourth-order valence-corrected chi connectivity index (χ4v) is 6.26. The van der Waals surface area contributed by atoms with Crippen molar-refractivity contribution in [1.82, 2.24) is 4.90 Å². The van der Waals surface area contributed by atoms with Gasteiger partial charge >= 0.3 is 5.97 Å². The number of carboxylic acid groups (broad SMARTS) is 1. The van der Waals surface area contributed by atoms with E-state index in [9.17, 15) is 18.0 Å². The third-order valence-electron chi connectivity index (χ3n) is 5.57. The maximum Gasteiger partial charge on any atom is 0.306 e. The van der Waals surface area contributed by atoms with E-state index in [0.717, 1.165) is 0 Å². The van der Waals surface area contributed by atoms with E-state index in [0.29, 0.717) is 43.5 Å². The van der Waals surface area contributed by atoms with Crippen molar-refractivity contribution in [2.45, 2.75) is 48.2 Å². The number of hydrogen-bond donors (Lipinski definition) is 1. The molecule has 0 spiro atoms. The molecular formula is C18H22ClNO5S. The van der Waals surface area contributed by atoms with Crippen molar-refractivity contribution in [3.8, 4) is 0 Å². The number of piperidine rings is 1. The van der Waals surface area contributed by atoms with Gasteiger partial charge in [0.25, 0.3) is 0 Å². The van der Waals surface area contributed by atoms with E-state index in [1.165, 1.54) is 29.2 Å². The first-order valence-corrected chi connectivity index (χ1v) is 10.7. The number of nitrogens with zero attached hydrogens (tertiary/aromatic N) is 1. The largest absolute Gasteiger partial charge is 0.481 e. The average Bonchev–Trinajstić information content (AvgIpc) is 3.13. The number of halogens is 1. The zero-order valence-corrected chi connectivity index (χ0v) is 15.9. The van der Waals surface area contributed by atoms with Crippen LogP contribution in [-0.2, 0) is 19.4 Å². The Hall–Kier alpha value is -1.60. The third kappa shape index (κ3) is 3.22. The van der Waals surface area contributed by atoms with E-state index in [2.05, 4.69) is 0 Å². The van der Waals surface area contributed by atoms with Gasteiger partial charge in [-0.1, -0.05) is 24.4 Å². The van der Waals surface area contributed by atoms with E-state index >= 15 is 0 Å². The van der Waals surface area contributed by atoms with Crippen LogP contribution >= 0.6 is 11.6 Å². The summed E-state index contributed by atoms with van der Waals surface area (Å²) in [6.45, 7) is 0.571. The third-order valence-corrected chi connectivity index (χ3v) is 8.33. The lowest BCUT2D eigenvalue weighted by molar-refractivity contribution is -0.146. The number of hydrogen-bond acceptors (Lipinski definition) is 4. The number of sulfone groups is 1. The highest BCUT2D eigenvalue weighted by atomic mass is 35.5. The van der Waals surface area contributed by atoms with Gasteiger partial charge in [-0.3, -0.25) is 9.59 Å². The summed E-state index contributed by atoms with van der Waals surface area (Å²) in [5.41, 5.74) is 0. The molecule has 142 valence electrons. The van der Waals surface area contributed by atoms with Crippen molar-refractivity contribution in [3.05, 3.63) is 29.3 Å². The van der Waals surface area contributed by atoms with Crippen molar-refractivity contribution in [2.24, 2.45) is 5.92 Å². The zero-order valence-electron chi connectivity index (χ0n) is 14.4. The molecule has 2 aliphatic rings. The van der Waals surface area contributed by atoms with Gasteiger partial charge < -0.3 is 10.0 Å². The lowest BCUT2D eigenvalue weighted by Gasteiger charge is -2.37. The van der Waals surface area contributed by atoms with Crippen molar-refractivity contribution >= 4 is 33.3 Å². The number of rotatable bonds is 4. The van der Waals surface area contributed by atoms with E-state index in [4.69, 9.17) is 16.7 Å². The van der Waals surface area contributed by atoms with Gasteiger partial charge in [0.15, 0.2) is 14.6 Å². The van der Waals surface area contributed by atoms with Gasteiger partial charge in [-0.25, -0.2) is 8.42 Å². The summed E-state index contributed by atoms with van der Waals surface area (Å²) in [6, 6.07) is 5.92. The monoisotopic (exact) mass is 399 g/mol. The Labute approximate surface area is 158 Å². The van der Waals surface area contributed by atoms with Crippen LogP contribution in [0.5, 0.6) is 0 Å². The predicted molar refractivity (Wildman–Crippen MR) is 96.8 cm³/mol. The molecule has 1 saturated heterocycles. The molecule has 3 rings (SSSR count). The first-order valence-electron chi connectivity index (χ1n) is 8.80. The highest BCUT2D eigenvalue weighted by Crippen LogP contribution is 2.42. The second-order valence-electron chi connectivity index (χ2n) is 7.06. The van der Waals surface area contributed by atoms with Gasteiger partial charge in [0.2, 0.25) is 5.91 Å². The van der Waals surface area contributed by atoms with Gasteiger partial charge in [-0.15, -0.1) is 0 Å². The molecule has 1 N–H and O–H groups in total. The van der Waals surface area contributed by atoms with Crippen LogP contribution in [0.1, 0.15) is 38.5 Å². The SMILES string of the molecule is O=C(O)C1CCN(C(=O)C2(S(=O)(=O)c3ccc(Cl)cc3)CCCC2)CC1.